The molecule has 1 unspecified atom stereocenters. The molecule has 6 heteroatoms. The first-order chi connectivity index (χ1) is 9.51. The van der Waals surface area contributed by atoms with Gasteiger partial charge in [0.05, 0.1) is 5.56 Å². The average Bonchev–Trinajstić information content (AvgIpc) is 2.50. The molecule has 0 spiro atoms. The summed E-state index contributed by atoms with van der Waals surface area (Å²) in [5.41, 5.74) is 6.01. The molecule has 0 saturated heterocycles. The fraction of sp³-hybridized carbons (Fsp3) is 0.429. The first-order valence-corrected chi connectivity index (χ1v) is 6.46. The van der Waals surface area contributed by atoms with Crippen molar-refractivity contribution in [3.63, 3.8) is 0 Å². The highest BCUT2D eigenvalue weighted by atomic mass is 16.5. The maximum absolute atomic E-state index is 12.0. The highest BCUT2D eigenvalue weighted by molar-refractivity contribution is 5.99. The molecule has 1 aromatic carbocycles. The van der Waals surface area contributed by atoms with Gasteiger partial charge >= 0.3 is 0 Å². The number of carbonyl (C=O) groups is 1. The van der Waals surface area contributed by atoms with Gasteiger partial charge in [-0.15, -0.1) is 0 Å². The molecule has 3 N–H and O–H groups in total. The zero-order valence-electron chi connectivity index (χ0n) is 12.0. The normalized spacial score (nSPS) is 12.8. The molecule has 1 atom stereocenters. The molecule has 0 fully saturated rings. The summed E-state index contributed by atoms with van der Waals surface area (Å²) in [6.07, 6.45) is 0.878. The lowest BCUT2D eigenvalue weighted by Crippen LogP contribution is -2.37. The maximum atomic E-state index is 12.0. The number of rotatable bonds is 6. The smallest absolute Gasteiger partial charge is 0.260 e. The van der Waals surface area contributed by atoms with Crippen LogP contribution in [0.15, 0.2) is 29.4 Å². The van der Waals surface area contributed by atoms with Crippen molar-refractivity contribution in [2.24, 2.45) is 10.9 Å². The summed E-state index contributed by atoms with van der Waals surface area (Å²) in [5.74, 6) is 0.241. The van der Waals surface area contributed by atoms with Crippen molar-refractivity contribution in [3.05, 3.63) is 29.8 Å². The van der Waals surface area contributed by atoms with Crippen LogP contribution in [0, 0.1) is 0 Å². The number of hydrogen-bond acceptors (Lipinski definition) is 4. The molecule has 0 aromatic heterocycles. The summed E-state index contributed by atoms with van der Waals surface area (Å²) < 4.78 is 5.47. The molecular formula is C14H21N3O3. The van der Waals surface area contributed by atoms with Crippen LogP contribution in [-0.4, -0.2) is 41.5 Å². The van der Waals surface area contributed by atoms with E-state index >= 15 is 0 Å². The summed E-state index contributed by atoms with van der Waals surface area (Å²) in [7, 11) is 1.75. The monoisotopic (exact) mass is 279 g/mol. The number of oxime groups is 1. The third-order valence-electron chi connectivity index (χ3n) is 3.27. The van der Waals surface area contributed by atoms with Gasteiger partial charge in [-0.05, 0) is 25.5 Å². The average molecular weight is 279 g/mol. The molecule has 0 aliphatic heterocycles. The highest BCUT2D eigenvalue weighted by Gasteiger charge is 2.16. The number of amidine groups is 1. The van der Waals surface area contributed by atoms with Gasteiger partial charge in [-0.25, -0.2) is 0 Å². The molecule has 1 amide bonds. The van der Waals surface area contributed by atoms with Crippen molar-refractivity contribution >= 4 is 11.7 Å². The Morgan fingerprint density at radius 3 is 2.75 bits per heavy atom. The van der Waals surface area contributed by atoms with Crippen LogP contribution in [0.3, 0.4) is 0 Å². The van der Waals surface area contributed by atoms with E-state index in [1.165, 1.54) is 0 Å². The molecule has 1 rings (SSSR count). The topological polar surface area (TPSA) is 88.2 Å². The van der Waals surface area contributed by atoms with Gasteiger partial charge in [-0.3, -0.25) is 4.79 Å². The van der Waals surface area contributed by atoms with Crippen LogP contribution < -0.4 is 10.5 Å². The number of nitrogens with two attached hydrogens (primary N) is 1. The number of nitrogens with zero attached hydrogens (tertiary/aromatic N) is 2. The van der Waals surface area contributed by atoms with E-state index < -0.39 is 0 Å². The van der Waals surface area contributed by atoms with E-state index in [9.17, 15) is 4.79 Å². The molecule has 0 aliphatic rings. The summed E-state index contributed by atoms with van der Waals surface area (Å²) >= 11 is 0. The van der Waals surface area contributed by atoms with Gasteiger partial charge in [0.15, 0.2) is 12.4 Å². The molecule has 0 aliphatic carbocycles. The number of hydrogen-bond donors (Lipinski definition) is 2. The van der Waals surface area contributed by atoms with Crippen molar-refractivity contribution in [2.75, 3.05) is 13.7 Å². The molecule has 6 nitrogen and oxygen atoms in total. The molecule has 110 valence electrons. The Labute approximate surface area is 118 Å². The second-order valence-corrected chi connectivity index (χ2v) is 4.53. The van der Waals surface area contributed by atoms with Crippen molar-refractivity contribution in [3.8, 4) is 5.75 Å². The number of benzene rings is 1. The zero-order chi connectivity index (χ0) is 15.1. The quantitative estimate of drug-likeness (QED) is 0.357. The Hall–Kier alpha value is -2.24. The number of carbonyl (C=O) groups excluding carboxylic acids is 1. The van der Waals surface area contributed by atoms with Gasteiger partial charge in [0.25, 0.3) is 5.91 Å². The van der Waals surface area contributed by atoms with Gasteiger partial charge in [0.1, 0.15) is 5.75 Å². The van der Waals surface area contributed by atoms with E-state index in [1.807, 2.05) is 13.8 Å². The van der Waals surface area contributed by atoms with E-state index in [1.54, 1.807) is 36.2 Å². The molecule has 0 bridgehead atoms. The Bertz CT molecular complexity index is 488. The summed E-state index contributed by atoms with van der Waals surface area (Å²) in [5, 5.41) is 11.7. The predicted molar refractivity (Wildman–Crippen MR) is 77.0 cm³/mol. The third kappa shape index (κ3) is 3.88. The van der Waals surface area contributed by atoms with E-state index in [2.05, 4.69) is 5.16 Å². The lowest BCUT2D eigenvalue weighted by atomic mass is 10.2. The second-order valence-electron chi connectivity index (χ2n) is 4.53. The van der Waals surface area contributed by atoms with Crippen LogP contribution in [0.1, 0.15) is 25.8 Å². The minimum absolute atomic E-state index is 0.0525. The van der Waals surface area contributed by atoms with E-state index in [0.717, 1.165) is 6.42 Å². The first-order valence-electron chi connectivity index (χ1n) is 6.46. The number of amides is 1. The van der Waals surface area contributed by atoms with Gasteiger partial charge in [0.2, 0.25) is 0 Å². The Balaban J connectivity index is 2.74. The molecule has 0 heterocycles. The van der Waals surface area contributed by atoms with Crippen LogP contribution in [0.5, 0.6) is 5.75 Å². The Morgan fingerprint density at radius 2 is 2.15 bits per heavy atom. The predicted octanol–water partition coefficient (Wildman–Crippen LogP) is 1.42. The first kappa shape index (κ1) is 15.8. The van der Waals surface area contributed by atoms with Crippen LogP contribution in [0.25, 0.3) is 0 Å². The Kier molecular flexibility index (Phi) is 5.83. The van der Waals surface area contributed by atoms with Crippen LogP contribution >= 0.6 is 0 Å². The lowest BCUT2D eigenvalue weighted by molar-refractivity contribution is -0.133. The van der Waals surface area contributed by atoms with Gasteiger partial charge in [-0.2, -0.15) is 0 Å². The number of likely N-dealkylation sites (N-methyl/N-ethyl adjacent to an activating group) is 1. The molecule has 1 aromatic rings. The van der Waals surface area contributed by atoms with Crippen molar-refractivity contribution in [1.29, 1.82) is 0 Å². The SMILES string of the molecule is CCC(C)N(C)C(=O)COc1ccccc1/C(N)=N/O. The minimum Gasteiger partial charge on any atom is -0.483 e. The lowest BCUT2D eigenvalue weighted by Gasteiger charge is -2.24. The van der Waals surface area contributed by atoms with Gasteiger partial charge < -0.3 is 20.6 Å². The zero-order valence-corrected chi connectivity index (χ0v) is 12.0. The highest BCUT2D eigenvalue weighted by Crippen LogP contribution is 2.17. The van der Waals surface area contributed by atoms with Crippen LogP contribution in [-0.2, 0) is 4.79 Å². The summed E-state index contributed by atoms with van der Waals surface area (Å²) in [4.78, 5) is 13.6. The van der Waals surface area contributed by atoms with Gasteiger partial charge in [0, 0.05) is 13.1 Å². The molecular weight excluding hydrogens is 258 g/mol. The fourth-order valence-corrected chi connectivity index (χ4v) is 1.62. The Morgan fingerprint density at radius 1 is 1.50 bits per heavy atom. The largest absolute Gasteiger partial charge is 0.483 e. The van der Waals surface area contributed by atoms with Gasteiger partial charge in [-0.1, -0.05) is 24.2 Å². The van der Waals surface area contributed by atoms with E-state index in [0.29, 0.717) is 11.3 Å². The fourth-order valence-electron chi connectivity index (χ4n) is 1.62. The standard InChI is InChI=1S/C14H21N3O3/c1-4-10(2)17(3)13(18)9-20-12-8-6-5-7-11(12)14(15)16-19/h5-8,10,19H,4,9H2,1-3H3,(H2,15,16). The van der Waals surface area contributed by atoms with E-state index in [-0.39, 0.29) is 24.4 Å². The number of para-hydroxylation sites is 1. The number of ether oxygens (including phenoxy) is 1. The van der Waals surface area contributed by atoms with Crippen LogP contribution in [0.2, 0.25) is 0 Å². The van der Waals surface area contributed by atoms with Crippen molar-refractivity contribution < 1.29 is 14.7 Å². The summed E-state index contributed by atoms with van der Waals surface area (Å²) in [6, 6.07) is 6.99. The van der Waals surface area contributed by atoms with Crippen LogP contribution in [0.4, 0.5) is 0 Å². The van der Waals surface area contributed by atoms with Crippen molar-refractivity contribution in [1.82, 2.24) is 4.90 Å². The third-order valence-corrected chi connectivity index (χ3v) is 3.27. The van der Waals surface area contributed by atoms with Crippen molar-refractivity contribution in [2.45, 2.75) is 26.3 Å². The maximum Gasteiger partial charge on any atom is 0.260 e. The molecule has 0 radical (unpaired) electrons. The molecule has 20 heavy (non-hydrogen) atoms. The summed E-state index contributed by atoms with van der Waals surface area (Å²) in [6.45, 7) is 3.90. The second kappa shape index (κ2) is 7.37. The minimum atomic E-state index is -0.117. The van der Waals surface area contributed by atoms with E-state index in [4.69, 9.17) is 15.7 Å². The molecule has 0 saturated carbocycles.